The maximum Gasteiger partial charge on any atom is 0.431 e. The van der Waals surface area contributed by atoms with Gasteiger partial charge in [0, 0.05) is 0 Å². The van der Waals surface area contributed by atoms with Gasteiger partial charge in [0.15, 0.2) is 0 Å². The first kappa shape index (κ1) is 23.4. The van der Waals surface area contributed by atoms with Crippen LogP contribution >= 0.6 is 0 Å². The van der Waals surface area contributed by atoms with Gasteiger partial charge in [-0.1, -0.05) is 60.2 Å². The molecule has 0 aliphatic heterocycles. The Hall–Kier alpha value is -2.86. The Kier molecular flexibility index (Phi) is 7.26. The smallest absolute Gasteiger partial charge is 0.431 e. The molecule has 1 atom stereocenters. The van der Waals surface area contributed by atoms with E-state index in [2.05, 4.69) is 4.74 Å². The number of hydrogen-bond acceptors (Lipinski definition) is 3. The van der Waals surface area contributed by atoms with Crippen LogP contribution in [-0.2, 0) is 9.53 Å². The molecule has 0 aliphatic rings. The van der Waals surface area contributed by atoms with Crippen molar-refractivity contribution < 1.29 is 27.8 Å². The summed E-state index contributed by atoms with van der Waals surface area (Å²) >= 11 is 0. The van der Waals surface area contributed by atoms with Gasteiger partial charge in [-0.25, -0.2) is 4.79 Å². The third-order valence-electron chi connectivity index (χ3n) is 4.60. The number of carbonyl (C=O) groups excluding carboxylic acids is 1. The number of esters is 1. The molecule has 0 spiro atoms. The Morgan fingerprint density at radius 3 is 2.13 bits per heavy atom. The first-order chi connectivity index (χ1) is 14.0. The number of rotatable bonds is 6. The zero-order chi connectivity index (χ0) is 22.5. The Morgan fingerprint density at radius 1 is 1.07 bits per heavy atom. The quantitative estimate of drug-likeness (QED) is 0.493. The van der Waals surface area contributed by atoms with E-state index in [4.69, 9.17) is 0 Å². The standard InChI is InChI=1S/C24H25F3O3/c1-5-30-22(28)23(29,24(25,26)27)15-20(12-11-19-9-7-6-8-10-19)21-17(3)13-16(2)14-18(21)4/h6-15,29H,5H2,1-4H3/b12-11+,20-15+/t23-/m0/s1. The lowest BCUT2D eigenvalue weighted by atomic mass is 9.89. The van der Waals surface area contributed by atoms with Crippen LogP contribution in [0.3, 0.4) is 0 Å². The fourth-order valence-corrected chi connectivity index (χ4v) is 3.31. The molecule has 0 radical (unpaired) electrons. The van der Waals surface area contributed by atoms with Gasteiger partial charge in [0.25, 0.3) is 5.60 Å². The molecule has 0 bridgehead atoms. The topological polar surface area (TPSA) is 46.5 Å². The second kappa shape index (κ2) is 9.30. The van der Waals surface area contributed by atoms with Crippen LogP contribution in [0.2, 0.25) is 0 Å². The molecule has 0 aromatic heterocycles. The normalized spacial score (nSPS) is 14.6. The lowest BCUT2D eigenvalue weighted by molar-refractivity contribution is -0.245. The number of halogens is 3. The minimum absolute atomic E-state index is 0.0710. The molecule has 0 unspecified atom stereocenters. The number of benzene rings is 2. The van der Waals surface area contributed by atoms with Gasteiger partial charge in [-0.3, -0.25) is 0 Å². The summed E-state index contributed by atoms with van der Waals surface area (Å²) in [5.41, 5.74) is -0.0198. The van der Waals surface area contributed by atoms with Gasteiger partial charge in [0.2, 0.25) is 0 Å². The van der Waals surface area contributed by atoms with E-state index in [1.54, 1.807) is 44.2 Å². The van der Waals surface area contributed by atoms with Gasteiger partial charge in [0.05, 0.1) is 6.61 Å². The minimum Gasteiger partial charge on any atom is -0.463 e. The highest BCUT2D eigenvalue weighted by atomic mass is 19.4. The summed E-state index contributed by atoms with van der Waals surface area (Å²) in [4.78, 5) is 12.1. The van der Waals surface area contributed by atoms with E-state index >= 15 is 0 Å². The first-order valence-corrected chi connectivity index (χ1v) is 9.50. The van der Waals surface area contributed by atoms with Crippen LogP contribution in [0.1, 0.15) is 34.7 Å². The van der Waals surface area contributed by atoms with Crippen molar-refractivity contribution in [1.29, 1.82) is 0 Å². The van der Waals surface area contributed by atoms with Crippen molar-refractivity contribution in [2.24, 2.45) is 0 Å². The zero-order valence-electron chi connectivity index (χ0n) is 17.4. The van der Waals surface area contributed by atoms with Crippen LogP contribution in [0, 0.1) is 20.8 Å². The molecular formula is C24H25F3O3. The molecule has 1 N–H and O–H groups in total. The molecule has 30 heavy (non-hydrogen) atoms. The average Bonchev–Trinajstić information content (AvgIpc) is 2.65. The van der Waals surface area contributed by atoms with E-state index < -0.39 is 17.7 Å². The Balaban J connectivity index is 2.74. The molecule has 2 rings (SSSR count). The summed E-state index contributed by atoms with van der Waals surface area (Å²) in [6.45, 7) is 6.52. The van der Waals surface area contributed by atoms with Crippen LogP contribution in [0.25, 0.3) is 11.6 Å². The van der Waals surface area contributed by atoms with E-state index in [-0.39, 0.29) is 12.2 Å². The molecule has 0 heterocycles. The third-order valence-corrected chi connectivity index (χ3v) is 4.60. The Morgan fingerprint density at radius 2 is 1.63 bits per heavy atom. The highest BCUT2D eigenvalue weighted by Crippen LogP contribution is 2.37. The maximum absolute atomic E-state index is 13.8. The molecule has 3 nitrogen and oxygen atoms in total. The number of carbonyl (C=O) groups is 1. The number of ether oxygens (including phenoxy) is 1. The van der Waals surface area contributed by atoms with Crippen molar-refractivity contribution >= 4 is 17.6 Å². The summed E-state index contributed by atoms with van der Waals surface area (Å²) in [7, 11) is 0. The van der Waals surface area contributed by atoms with E-state index in [0.29, 0.717) is 11.6 Å². The zero-order valence-corrected chi connectivity index (χ0v) is 17.4. The van der Waals surface area contributed by atoms with Crippen LogP contribution < -0.4 is 0 Å². The fourth-order valence-electron chi connectivity index (χ4n) is 3.31. The lowest BCUT2D eigenvalue weighted by Gasteiger charge is -2.26. The van der Waals surface area contributed by atoms with Crippen LogP contribution in [0.15, 0.2) is 54.6 Å². The third kappa shape index (κ3) is 5.19. The summed E-state index contributed by atoms with van der Waals surface area (Å²) in [5, 5.41) is 10.4. The molecule has 0 amide bonds. The molecule has 0 fully saturated rings. The number of allylic oxidation sites excluding steroid dienone is 2. The summed E-state index contributed by atoms with van der Waals surface area (Å²) < 4.78 is 45.8. The van der Waals surface area contributed by atoms with E-state index in [1.165, 1.54) is 13.0 Å². The molecular weight excluding hydrogens is 393 g/mol. The van der Waals surface area contributed by atoms with Gasteiger partial charge in [-0.2, -0.15) is 13.2 Å². The van der Waals surface area contributed by atoms with Gasteiger partial charge in [-0.15, -0.1) is 0 Å². The number of hydrogen-bond donors (Lipinski definition) is 1. The SMILES string of the molecule is CCOC(=O)[C@@](O)(/C=C(\C=C\c1ccccc1)c1c(C)cc(C)cc1C)C(F)(F)F. The monoisotopic (exact) mass is 418 g/mol. The number of aliphatic hydroxyl groups is 1. The predicted molar refractivity (Wildman–Crippen MR) is 112 cm³/mol. The van der Waals surface area contributed by atoms with Crippen molar-refractivity contribution in [3.05, 3.63) is 82.4 Å². The average molecular weight is 418 g/mol. The van der Waals surface area contributed by atoms with Gasteiger partial charge in [-0.05, 0) is 61.6 Å². The van der Waals surface area contributed by atoms with Crippen LogP contribution in [0.5, 0.6) is 0 Å². The van der Waals surface area contributed by atoms with E-state index in [1.807, 2.05) is 25.1 Å². The molecule has 6 heteroatoms. The maximum atomic E-state index is 13.8. The molecule has 2 aromatic carbocycles. The Bertz CT molecular complexity index is 936. The first-order valence-electron chi connectivity index (χ1n) is 9.50. The number of aryl methyl sites for hydroxylation is 3. The van der Waals surface area contributed by atoms with Crippen molar-refractivity contribution in [1.82, 2.24) is 0 Å². The Labute approximate surface area is 174 Å². The highest BCUT2D eigenvalue weighted by molar-refractivity contribution is 5.90. The molecule has 160 valence electrons. The second-order valence-corrected chi connectivity index (χ2v) is 7.10. The predicted octanol–water partition coefficient (Wildman–Crippen LogP) is 5.57. The van der Waals surface area contributed by atoms with Crippen molar-refractivity contribution in [3.8, 4) is 0 Å². The van der Waals surface area contributed by atoms with E-state index in [0.717, 1.165) is 22.3 Å². The molecule has 0 aliphatic carbocycles. The van der Waals surface area contributed by atoms with Crippen molar-refractivity contribution in [3.63, 3.8) is 0 Å². The molecule has 0 saturated heterocycles. The molecule has 0 saturated carbocycles. The summed E-state index contributed by atoms with van der Waals surface area (Å²) in [6, 6.07) is 12.7. The number of alkyl halides is 3. The highest BCUT2D eigenvalue weighted by Gasteiger charge is 2.59. The van der Waals surface area contributed by atoms with Gasteiger partial charge < -0.3 is 9.84 Å². The second-order valence-electron chi connectivity index (χ2n) is 7.10. The van der Waals surface area contributed by atoms with Crippen molar-refractivity contribution in [2.75, 3.05) is 6.61 Å². The van der Waals surface area contributed by atoms with Crippen LogP contribution in [0.4, 0.5) is 13.2 Å². The fraction of sp³-hybridized carbons (Fsp3) is 0.292. The largest absolute Gasteiger partial charge is 0.463 e. The van der Waals surface area contributed by atoms with E-state index in [9.17, 15) is 23.1 Å². The summed E-state index contributed by atoms with van der Waals surface area (Å²) in [5.74, 6) is -1.76. The van der Waals surface area contributed by atoms with Gasteiger partial charge >= 0.3 is 12.1 Å². The lowest BCUT2D eigenvalue weighted by Crippen LogP contribution is -2.51. The minimum atomic E-state index is -5.25. The molecule has 2 aromatic rings. The van der Waals surface area contributed by atoms with Crippen LogP contribution in [-0.4, -0.2) is 29.5 Å². The summed E-state index contributed by atoms with van der Waals surface area (Å²) in [6.07, 6.45) is -1.62. The van der Waals surface area contributed by atoms with Gasteiger partial charge in [0.1, 0.15) is 0 Å². The van der Waals surface area contributed by atoms with Crippen molar-refractivity contribution in [2.45, 2.75) is 39.5 Å².